The van der Waals surface area contributed by atoms with Gasteiger partial charge in [0.25, 0.3) is 0 Å². The number of morpholine rings is 1. The standard InChI is InChI=1S/C18H25NO8S2/c20-18(13-15-5-12-28(21,22)14-15)27-11-10-26-16-1-3-17(4-2-16)29(23,24)19-6-8-25-9-7-19/h1-4,15H,5-14H2. The van der Waals surface area contributed by atoms with E-state index in [2.05, 4.69) is 0 Å². The number of esters is 1. The molecule has 0 aliphatic carbocycles. The molecule has 2 aliphatic heterocycles. The molecule has 9 nitrogen and oxygen atoms in total. The van der Waals surface area contributed by atoms with Crippen LogP contribution in [0.1, 0.15) is 12.8 Å². The highest BCUT2D eigenvalue weighted by atomic mass is 32.2. The lowest BCUT2D eigenvalue weighted by Crippen LogP contribution is -2.40. The summed E-state index contributed by atoms with van der Waals surface area (Å²) in [4.78, 5) is 12.0. The van der Waals surface area contributed by atoms with Crippen molar-refractivity contribution >= 4 is 25.8 Å². The smallest absolute Gasteiger partial charge is 0.306 e. The molecule has 1 aromatic rings. The van der Waals surface area contributed by atoms with Crippen molar-refractivity contribution in [3.8, 4) is 5.75 Å². The minimum Gasteiger partial charge on any atom is -0.490 e. The molecule has 29 heavy (non-hydrogen) atoms. The summed E-state index contributed by atoms with van der Waals surface area (Å²) in [5.74, 6) is 0.0183. The molecule has 1 unspecified atom stereocenters. The molecule has 3 rings (SSSR count). The number of sulfonamides is 1. The van der Waals surface area contributed by atoms with E-state index < -0.39 is 25.8 Å². The Balaban J connectivity index is 1.40. The quantitative estimate of drug-likeness (QED) is 0.417. The predicted molar refractivity (Wildman–Crippen MR) is 104 cm³/mol. The number of hydrogen-bond acceptors (Lipinski definition) is 8. The SMILES string of the molecule is O=C(CC1CCS(=O)(=O)C1)OCCOc1ccc(S(=O)(=O)N2CCOCC2)cc1. The third-order valence-corrected chi connectivity index (χ3v) is 8.58. The zero-order chi connectivity index (χ0) is 20.9. The maximum Gasteiger partial charge on any atom is 0.306 e. The highest BCUT2D eigenvalue weighted by molar-refractivity contribution is 7.91. The minimum absolute atomic E-state index is 0.0339. The Kier molecular flexibility index (Phi) is 7.14. The molecule has 11 heteroatoms. The van der Waals surface area contributed by atoms with E-state index in [0.717, 1.165) is 0 Å². The van der Waals surface area contributed by atoms with E-state index in [1.165, 1.54) is 16.4 Å². The number of sulfone groups is 1. The maximum absolute atomic E-state index is 12.6. The lowest BCUT2D eigenvalue weighted by Gasteiger charge is -2.26. The van der Waals surface area contributed by atoms with E-state index in [1.807, 2.05) is 0 Å². The first-order valence-electron chi connectivity index (χ1n) is 9.43. The van der Waals surface area contributed by atoms with Gasteiger partial charge in [0, 0.05) is 19.5 Å². The molecule has 0 radical (unpaired) electrons. The van der Waals surface area contributed by atoms with Gasteiger partial charge in [-0.05, 0) is 36.6 Å². The van der Waals surface area contributed by atoms with Crippen LogP contribution in [0, 0.1) is 5.92 Å². The van der Waals surface area contributed by atoms with E-state index in [0.29, 0.717) is 38.5 Å². The molecule has 0 bridgehead atoms. The van der Waals surface area contributed by atoms with Crippen molar-refractivity contribution in [3.63, 3.8) is 0 Å². The van der Waals surface area contributed by atoms with Gasteiger partial charge in [0.2, 0.25) is 10.0 Å². The van der Waals surface area contributed by atoms with Crippen molar-refractivity contribution in [2.75, 3.05) is 51.0 Å². The molecule has 2 fully saturated rings. The first kappa shape index (κ1) is 22.0. The largest absolute Gasteiger partial charge is 0.490 e. The molecular weight excluding hydrogens is 422 g/mol. The normalized spacial score (nSPS) is 22.3. The van der Waals surface area contributed by atoms with Crippen LogP contribution in [0.2, 0.25) is 0 Å². The van der Waals surface area contributed by atoms with E-state index in [-0.39, 0.29) is 42.0 Å². The molecule has 0 saturated carbocycles. The van der Waals surface area contributed by atoms with Gasteiger partial charge in [-0.15, -0.1) is 0 Å². The van der Waals surface area contributed by atoms with Gasteiger partial charge in [-0.2, -0.15) is 4.31 Å². The number of hydrogen-bond donors (Lipinski definition) is 0. The molecule has 2 saturated heterocycles. The van der Waals surface area contributed by atoms with E-state index in [9.17, 15) is 21.6 Å². The van der Waals surface area contributed by atoms with Gasteiger partial charge in [0.15, 0.2) is 9.84 Å². The van der Waals surface area contributed by atoms with Crippen LogP contribution in [-0.4, -0.2) is 78.1 Å². The topological polar surface area (TPSA) is 116 Å². The number of benzene rings is 1. The fourth-order valence-corrected chi connectivity index (χ4v) is 6.56. The summed E-state index contributed by atoms with van der Waals surface area (Å²) in [6, 6.07) is 6.07. The Bertz CT molecular complexity index is 906. The Hall–Kier alpha value is -1.69. The molecular formula is C18H25NO8S2. The number of ether oxygens (including phenoxy) is 3. The average Bonchev–Trinajstić information content (AvgIpc) is 3.04. The van der Waals surface area contributed by atoms with Crippen molar-refractivity contribution in [2.45, 2.75) is 17.7 Å². The van der Waals surface area contributed by atoms with Crippen molar-refractivity contribution in [3.05, 3.63) is 24.3 Å². The van der Waals surface area contributed by atoms with Crippen molar-refractivity contribution in [2.24, 2.45) is 5.92 Å². The van der Waals surface area contributed by atoms with Gasteiger partial charge in [-0.25, -0.2) is 16.8 Å². The van der Waals surface area contributed by atoms with Gasteiger partial charge in [-0.1, -0.05) is 0 Å². The molecule has 0 aromatic heterocycles. The fraction of sp³-hybridized carbons (Fsp3) is 0.611. The summed E-state index contributed by atoms with van der Waals surface area (Å²) in [5.41, 5.74) is 0. The van der Waals surface area contributed by atoms with Crippen LogP contribution in [0.4, 0.5) is 0 Å². The molecule has 0 amide bonds. The highest BCUT2D eigenvalue weighted by Gasteiger charge is 2.30. The summed E-state index contributed by atoms with van der Waals surface area (Å²) in [5, 5.41) is 0. The summed E-state index contributed by atoms with van der Waals surface area (Å²) in [7, 11) is -6.56. The van der Waals surface area contributed by atoms with Gasteiger partial charge < -0.3 is 14.2 Å². The van der Waals surface area contributed by atoms with Crippen LogP contribution in [0.25, 0.3) is 0 Å². The third kappa shape index (κ3) is 6.14. The lowest BCUT2D eigenvalue weighted by atomic mass is 10.1. The molecule has 0 N–H and O–H groups in total. The zero-order valence-corrected chi connectivity index (χ0v) is 17.6. The Morgan fingerprint density at radius 2 is 1.83 bits per heavy atom. The van der Waals surface area contributed by atoms with Crippen LogP contribution >= 0.6 is 0 Å². The molecule has 1 aromatic carbocycles. The zero-order valence-electron chi connectivity index (χ0n) is 16.0. The first-order chi connectivity index (χ1) is 13.8. The third-order valence-electron chi connectivity index (χ3n) is 4.83. The van der Waals surface area contributed by atoms with Gasteiger partial charge in [-0.3, -0.25) is 4.79 Å². The molecule has 1 atom stereocenters. The van der Waals surface area contributed by atoms with Crippen LogP contribution in [0.15, 0.2) is 29.2 Å². The van der Waals surface area contributed by atoms with Crippen LogP contribution in [0.3, 0.4) is 0 Å². The predicted octanol–water partition coefficient (Wildman–Crippen LogP) is 0.454. The number of nitrogens with zero attached hydrogens (tertiary/aromatic N) is 1. The Labute approximate surface area is 170 Å². The second-order valence-corrected chi connectivity index (χ2v) is 11.2. The van der Waals surface area contributed by atoms with Crippen LogP contribution in [-0.2, 0) is 34.1 Å². The average molecular weight is 448 g/mol. The Morgan fingerprint density at radius 1 is 1.14 bits per heavy atom. The van der Waals surface area contributed by atoms with E-state index in [4.69, 9.17) is 14.2 Å². The molecule has 0 spiro atoms. The van der Waals surface area contributed by atoms with Crippen LogP contribution in [0.5, 0.6) is 5.75 Å². The molecule has 2 aliphatic rings. The summed E-state index contributed by atoms with van der Waals surface area (Å²) >= 11 is 0. The highest BCUT2D eigenvalue weighted by Crippen LogP contribution is 2.22. The van der Waals surface area contributed by atoms with Gasteiger partial charge in [0.05, 0.1) is 29.6 Å². The molecule has 2 heterocycles. The van der Waals surface area contributed by atoms with Crippen molar-refractivity contribution in [1.29, 1.82) is 0 Å². The second-order valence-electron chi connectivity index (χ2n) is 7.03. The molecule has 162 valence electrons. The lowest BCUT2D eigenvalue weighted by molar-refractivity contribution is -0.145. The van der Waals surface area contributed by atoms with Gasteiger partial charge >= 0.3 is 5.97 Å². The fourth-order valence-electron chi connectivity index (χ4n) is 3.29. The summed E-state index contributed by atoms with van der Waals surface area (Å²) in [6.45, 7) is 1.58. The summed E-state index contributed by atoms with van der Waals surface area (Å²) < 4.78 is 65.0. The van der Waals surface area contributed by atoms with Crippen molar-refractivity contribution in [1.82, 2.24) is 4.31 Å². The van der Waals surface area contributed by atoms with E-state index >= 15 is 0 Å². The number of rotatable bonds is 8. The van der Waals surface area contributed by atoms with Gasteiger partial charge in [0.1, 0.15) is 19.0 Å². The minimum atomic E-state index is -3.55. The number of carbonyl (C=O) groups is 1. The van der Waals surface area contributed by atoms with Crippen LogP contribution < -0.4 is 4.74 Å². The maximum atomic E-state index is 12.6. The van der Waals surface area contributed by atoms with Crippen molar-refractivity contribution < 1.29 is 35.8 Å². The van der Waals surface area contributed by atoms with E-state index in [1.54, 1.807) is 12.1 Å². The Morgan fingerprint density at radius 3 is 2.45 bits per heavy atom. The number of carbonyl (C=O) groups excluding carboxylic acids is 1. The monoisotopic (exact) mass is 447 g/mol. The first-order valence-corrected chi connectivity index (χ1v) is 12.7. The summed E-state index contributed by atoms with van der Waals surface area (Å²) in [6.07, 6.45) is 0.584. The second kappa shape index (κ2) is 9.41.